The fourth-order valence-corrected chi connectivity index (χ4v) is 1.15. The molecule has 0 heterocycles. The maximum absolute atomic E-state index is 11.5. The Morgan fingerprint density at radius 2 is 1.65 bits per heavy atom. The highest BCUT2D eigenvalue weighted by molar-refractivity contribution is 5.91. The van der Waals surface area contributed by atoms with E-state index in [9.17, 15) is 14.4 Å². The third-order valence-corrected chi connectivity index (χ3v) is 2.06. The average molecular weight is 289 g/mol. The van der Waals surface area contributed by atoms with E-state index in [1.807, 2.05) is 6.92 Å². The second-order valence-corrected chi connectivity index (χ2v) is 3.99. The Labute approximate surface area is 118 Å². The molecule has 0 aromatic heterocycles. The maximum atomic E-state index is 11.5. The number of carboxylic acid groups (broad SMARTS) is 2. The number of carbonyl (C=O) groups is 3. The highest BCUT2D eigenvalue weighted by Gasteiger charge is 2.19. The van der Waals surface area contributed by atoms with Gasteiger partial charge in [-0.1, -0.05) is 13.5 Å². The number of likely N-dealkylation sites (N-methyl/N-ethyl adjacent to an activating group) is 1. The highest BCUT2D eigenvalue weighted by atomic mass is 16.4. The van der Waals surface area contributed by atoms with Crippen molar-refractivity contribution in [2.75, 3.05) is 26.7 Å². The van der Waals surface area contributed by atoms with E-state index in [4.69, 9.17) is 10.2 Å². The van der Waals surface area contributed by atoms with Crippen LogP contribution in [0.3, 0.4) is 0 Å². The number of rotatable bonds is 7. The van der Waals surface area contributed by atoms with Crippen LogP contribution < -0.4 is 5.73 Å². The van der Waals surface area contributed by atoms with E-state index in [1.54, 1.807) is 14.0 Å². The van der Waals surface area contributed by atoms with E-state index in [2.05, 4.69) is 12.3 Å². The van der Waals surface area contributed by atoms with Crippen molar-refractivity contribution in [3.05, 3.63) is 12.2 Å². The second kappa shape index (κ2) is 10.9. The lowest BCUT2D eigenvalue weighted by Crippen LogP contribution is -2.46. The first-order chi connectivity index (χ1) is 9.17. The molecule has 0 bridgehead atoms. The Bertz CT molecular complexity index is 357. The first kappa shape index (κ1) is 20.4. The first-order valence-corrected chi connectivity index (χ1v) is 5.99. The van der Waals surface area contributed by atoms with Gasteiger partial charge in [0.15, 0.2) is 0 Å². The van der Waals surface area contributed by atoms with Crippen LogP contribution in [0.5, 0.6) is 0 Å². The van der Waals surface area contributed by atoms with Crippen molar-refractivity contribution >= 4 is 17.8 Å². The predicted molar refractivity (Wildman–Crippen MR) is 73.8 cm³/mol. The number of hydrogen-bond acceptors (Lipinski definition) is 5. The molecule has 0 aliphatic heterocycles. The van der Waals surface area contributed by atoms with Crippen LogP contribution in [-0.2, 0) is 14.4 Å². The number of aliphatic carboxylic acids is 2. The molecule has 20 heavy (non-hydrogen) atoms. The Morgan fingerprint density at radius 3 is 1.90 bits per heavy atom. The smallest absolute Gasteiger partial charge is 0.319 e. The van der Waals surface area contributed by atoms with Crippen LogP contribution in [0.4, 0.5) is 0 Å². The molecule has 0 aromatic carbocycles. The van der Waals surface area contributed by atoms with E-state index in [0.717, 1.165) is 6.42 Å². The van der Waals surface area contributed by atoms with Gasteiger partial charge in [-0.15, -0.1) is 0 Å². The minimum atomic E-state index is -0.968. The predicted octanol–water partition coefficient (Wildman–Crippen LogP) is -0.238. The summed E-state index contributed by atoms with van der Waals surface area (Å²) in [6.07, 6.45) is 0.779. The molecule has 8 heteroatoms. The van der Waals surface area contributed by atoms with Crippen molar-refractivity contribution in [2.45, 2.75) is 20.3 Å². The van der Waals surface area contributed by atoms with E-state index in [0.29, 0.717) is 12.1 Å². The van der Waals surface area contributed by atoms with Gasteiger partial charge in [0, 0.05) is 19.2 Å². The topological polar surface area (TPSA) is 124 Å². The standard InChI is InChI=1S/C10H18N2O3.C2H5NO2/c1-5-6-12(7-9(13)14)11(4)10(15)8(2)3;3-1-2(4)5/h2,5-7H2,1,3-4H3,(H,13,14);1,3H2,(H,4,5). The van der Waals surface area contributed by atoms with Crippen LogP contribution in [0.15, 0.2) is 12.2 Å². The monoisotopic (exact) mass is 289 g/mol. The van der Waals surface area contributed by atoms with Gasteiger partial charge < -0.3 is 15.9 Å². The largest absolute Gasteiger partial charge is 0.480 e. The quantitative estimate of drug-likeness (QED) is 0.436. The van der Waals surface area contributed by atoms with Gasteiger partial charge in [-0.2, -0.15) is 0 Å². The summed E-state index contributed by atoms with van der Waals surface area (Å²) in [5, 5.41) is 19.1. The van der Waals surface area contributed by atoms with Crippen molar-refractivity contribution in [3.63, 3.8) is 0 Å². The Balaban J connectivity index is 0. The molecule has 0 aliphatic carbocycles. The molecular formula is C12H23N3O5. The summed E-state index contributed by atoms with van der Waals surface area (Å²) in [5.74, 6) is -2.18. The van der Waals surface area contributed by atoms with Crippen LogP contribution >= 0.6 is 0 Å². The number of hydrogen-bond donors (Lipinski definition) is 3. The maximum Gasteiger partial charge on any atom is 0.319 e. The molecule has 0 unspecified atom stereocenters. The zero-order valence-corrected chi connectivity index (χ0v) is 12.1. The summed E-state index contributed by atoms with van der Waals surface area (Å²) in [6.45, 7) is 7.13. The van der Waals surface area contributed by atoms with Crippen LogP contribution in [-0.4, -0.2) is 64.8 Å². The molecule has 0 spiro atoms. The molecule has 0 fully saturated rings. The van der Waals surface area contributed by atoms with Gasteiger partial charge in [-0.05, 0) is 13.3 Å². The molecule has 0 aromatic rings. The molecule has 0 saturated heterocycles. The van der Waals surface area contributed by atoms with Crippen molar-refractivity contribution in [1.29, 1.82) is 0 Å². The molecule has 0 saturated carbocycles. The van der Waals surface area contributed by atoms with Crippen LogP contribution in [0, 0.1) is 0 Å². The second-order valence-electron chi connectivity index (χ2n) is 3.99. The molecule has 116 valence electrons. The molecule has 0 aliphatic rings. The third kappa shape index (κ3) is 10.0. The molecule has 1 amide bonds. The SMILES string of the molecule is C=C(C)C(=O)N(C)N(CCC)CC(=O)O.NCC(=O)O. The van der Waals surface area contributed by atoms with Crippen LogP contribution in [0.25, 0.3) is 0 Å². The number of amides is 1. The number of nitrogens with zero attached hydrogens (tertiary/aromatic N) is 2. The summed E-state index contributed by atoms with van der Waals surface area (Å²) >= 11 is 0. The average Bonchev–Trinajstić information content (AvgIpc) is 2.36. The van der Waals surface area contributed by atoms with Crippen molar-refractivity contribution in [2.24, 2.45) is 5.73 Å². The molecule has 0 atom stereocenters. The lowest BCUT2D eigenvalue weighted by molar-refractivity contribution is -0.150. The van der Waals surface area contributed by atoms with Gasteiger partial charge in [0.25, 0.3) is 5.91 Å². The van der Waals surface area contributed by atoms with Crippen molar-refractivity contribution < 1.29 is 24.6 Å². The van der Waals surface area contributed by atoms with Crippen LogP contribution in [0.1, 0.15) is 20.3 Å². The van der Waals surface area contributed by atoms with E-state index >= 15 is 0 Å². The Hall–Kier alpha value is -1.93. The number of hydrazine groups is 1. The van der Waals surface area contributed by atoms with Gasteiger partial charge in [-0.25, -0.2) is 5.01 Å². The van der Waals surface area contributed by atoms with E-state index < -0.39 is 11.9 Å². The van der Waals surface area contributed by atoms with E-state index in [1.165, 1.54) is 10.0 Å². The minimum Gasteiger partial charge on any atom is -0.480 e. The fourth-order valence-electron chi connectivity index (χ4n) is 1.15. The zero-order valence-electron chi connectivity index (χ0n) is 12.1. The molecule has 4 N–H and O–H groups in total. The normalized spacial score (nSPS) is 9.45. The van der Waals surface area contributed by atoms with Crippen molar-refractivity contribution in [3.8, 4) is 0 Å². The highest BCUT2D eigenvalue weighted by Crippen LogP contribution is 2.02. The molecular weight excluding hydrogens is 266 g/mol. The Morgan fingerprint density at radius 1 is 1.20 bits per heavy atom. The number of carboxylic acids is 2. The van der Waals surface area contributed by atoms with Gasteiger partial charge in [0.1, 0.15) is 6.54 Å². The summed E-state index contributed by atoms with van der Waals surface area (Å²) in [4.78, 5) is 31.4. The van der Waals surface area contributed by atoms with E-state index in [-0.39, 0.29) is 19.0 Å². The van der Waals surface area contributed by atoms with Gasteiger partial charge in [0.2, 0.25) is 0 Å². The fraction of sp³-hybridized carbons (Fsp3) is 0.583. The molecule has 0 radical (unpaired) electrons. The zero-order chi connectivity index (χ0) is 16.3. The lowest BCUT2D eigenvalue weighted by Gasteiger charge is -2.30. The third-order valence-electron chi connectivity index (χ3n) is 2.06. The molecule has 8 nitrogen and oxygen atoms in total. The summed E-state index contributed by atoms with van der Waals surface area (Å²) < 4.78 is 0. The first-order valence-electron chi connectivity index (χ1n) is 5.99. The van der Waals surface area contributed by atoms with Gasteiger partial charge in [0.05, 0.1) is 6.54 Å². The van der Waals surface area contributed by atoms with Crippen LogP contribution in [0.2, 0.25) is 0 Å². The molecule has 0 rings (SSSR count). The summed E-state index contributed by atoms with van der Waals surface area (Å²) in [5.41, 5.74) is 4.96. The minimum absolute atomic E-state index is 0.177. The Kier molecular flexibility index (Phi) is 11.2. The van der Waals surface area contributed by atoms with Crippen molar-refractivity contribution in [1.82, 2.24) is 10.0 Å². The number of carbonyl (C=O) groups excluding carboxylic acids is 1. The summed E-state index contributed by atoms with van der Waals surface area (Å²) in [7, 11) is 1.55. The lowest BCUT2D eigenvalue weighted by atomic mass is 10.3. The van der Waals surface area contributed by atoms with Gasteiger partial charge in [-0.3, -0.25) is 19.4 Å². The summed E-state index contributed by atoms with van der Waals surface area (Å²) in [6, 6.07) is 0. The van der Waals surface area contributed by atoms with Gasteiger partial charge >= 0.3 is 11.9 Å². The number of nitrogens with two attached hydrogens (primary N) is 1.